The Morgan fingerprint density at radius 3 is 1.29 bits per heavy atom. The fourth-order valence-corrected chi connectivity index (χ4v) is 1.81. The third kappa shape index (κ3) is 17.9. The lowest BCUT2D eigenvalue weighted by Gasteiger charge is -2.05. The van der Waals surface area contributed by atoms with Gasteiger partial charge >= 0.3 is 0 Å². The maximum absolute atomic E-state index is 10.3. The molecule has 8 nitrogen and oxygen atoms in total. The van der Waals surface area contributed by atoms with E-state index in [1.807, 2.05) is 0 Å². The number of carboxylic acids is 4. The van der Waals surface area contributed by atoms with Gasteiger partial charge < -0.3 is 39.6 Å². The minimum absolute atomic E-state index is 0.0761. The third-order valence-electron chi connectivity index (χ3n) is 3.30. The van der Waals surface area contributed by atoms with E-state index in [2.05, 4.69) is 13.8 Å². The van der Waals surface area contributed by atoms with Crippen molar-refractivity contribution in [3.63, 3.8) is 0 Å². The van der Waals surface area contributed by atoms with Crippen molar-refractivity contribution in [2.75, 3.05) is 0 Å². The van der Waals surface area contributed by atoms with Crippen LogP contribution < -0.4 is 20.4 Å². The normalized spacial score (nSPS) is 9.21. The lowest BCUT2D eigenvalue weighted by atomic mass is 10.1. The van der Waals surface area contributed by atoms with Crippen LogP contribution in [0.2, 0.25) is 0 Å². The summed E-state index contributed by atoms with van der Waals surface area (Å²) in [5.74, 6) is -5.09. The van der Waals surface area contributed by atoms with Crippen LogP contribution in [-0.4, -0.2) is 23.9 Å². The number of hydrogen-bond acceptors (Lipinski definition) is 8. The molecule has 0 heterocycles. The summed E-state index contributed by atoms with van der Waals surface area (Å²) >= 11 is 0. The van der Waals surface area contributed by atoms with Gasteiger partial charge in [-0.2, -0.15) is 0 Å². The largest absolute Gasteiger partial charge is 0.550 e. The SMILES string of the molecule is CCCCCC.O=C([O-])CCCCC(=O)[O-].O=C([O-])c1cccc(C(=O)[O-])c1. The molecule has 0 aromatic heterocycles. The summed E-state index contributed by atoms with van der Waals surface area (Å²) in [6, 6.07) is 4.81. The molecule has 0 N–H and O–H groups in total. The predicted molar refractivity (Wildman–Crippen MR) is 93.4 cm³/mol. The second kappa shape index (κ2) is 17.5. The van der Waals surface area contributed by atoms with Crippen LogP contribution >= 0.6 is 0 Å². The van der Waals surface area contributed by atoms with Crippen LogP contribution in [0.15, 0.2) is 24.3 Å². The summed E-state index contributed by atoms with van der Waals surface area (Å²) in [5, 5.41) is 40.0. The Hall–Kier alpha value is -2.90. The molecule has 0 unspecified atom stereocenters. The number of aromatic carboxylic acids is 2. The van der Waals surface area contributed by atoms with Crippen molar-refractivity contribution in [1.29, 1.82) is 0 Å². The lowest BCUT2D eigenvalue weighted by Crippen LogP contribution is -2.25. The monoisotopic (exact) mass is 394 g/mol. The smallest absolute Gasteiger partial charge is 0.0715 e. The summed E-state index contributed by atoms with van der Waals surface area (Å²) in [6.45, 7) is 4.46. The number of unbranched alkanes of at least 4 members (excludes halogenated alkanes) is 4. The summed E-state index contributed by atoms with van der Waals surface area (Å²) < 4.78 is 0. The van der Waals surface area contributed by atoms with Crippen molar-refractivity contribution in [1.82, 2.24) is 0 Å². The average molecular weight is 394 g/mol. The number of rotatable bonds is 10. The molecule has 0 spiro atoms. The van der Waals surface area contributed by atoms with Gasteiger partial charge in [-0.15, -0.1) is 0 Å². The fraction of sp³-hybridized carbons (Fsp3) is 0.500. The number of aliphatic carboxylic acids is 2. The Kier molecular flexibility index (Phi) is 17.1. The van der Waals surface area contributed by atoms with Crippen molar-refractivity contribution in [2.45, 2.75) is 65.2 Å². The van der Waals surface area contributed by atoms with Crippen LogP contribution in [0.5, 0.6) is 0 Å². The highest BCUT2D eigenvalue weighted by Crippen LogP contribution is 2.02. The van der Waals surface area contributed by atoms with Gasteiger partial charge in [0, 0.05) is 11.9 Å². The van der Waals surface area contributed by atoms with Gasteiger partial charge in [0.15, 0.2) is 0 Å². The van der Waals surface area contributed by atoms with Crippen LogP contribution in [-0.2, 0) is 9.59 Å². The number of carboxylic acid groups (broad SMARTS) is 4. The Morgan fingerprint density at radius 2 is 1.04 bits per heavy atom. The zero-order chi connectivity index (χ0) is 21.9. The van der Waals surface area contributed by atoms with Gasteiger partial charge in [0.1, 0.15) is 0 Å². The molecule has 1 rings (SSSR count). The summed E-state index contributed by atoms with van der Waals surface area (Å²) in [4.78, 5) is 40.0. The van der Waals surface area contributed by atoms with Crippen molar-refractivity contribution in [2.24, 2.45) is 0 Å². The van der Waals surface area contributed by atoms with Crippen molar-refractivity contribution in [3.8, 4) is 0 Å². The van der Waals surface area contributed by atoms with Crippen molar-refractivity contribution >= 4 is 23.9 Å². The van der Waals surface area contributed by atoms with E-state index in [1.165, 1.54) is 43.9 Å². The highest BCUT2D eigenvalue weighted by atomic mass is 16.4. The van der Waals surface area contributed by atoms with E-state index >= 15 is 0 Å². The summed E-state index contributed by atoms with van der Waals surface area (Å²) in [6.07, 6.45) is 6.07. The van der Waals surface area contributed by atoms with Gasteiger partial charge in [-0.3, -0.25) is 0 Å². The van der Waals surface area contributed by atoms with Crippen LogP contribution in [0.1, 0.15) is 85.9 Å². The standard InChI is InChI=1S/C8H6O4.C6H10O4.C6H14/c9-7(10)5-2-1-3-6(4-5)8(11)12;7-5(8)3-1-2-4-6(9)10;1-3-5-6-4-2/h1-4H,(H,9,10)(H,11,12);1-4H2,(H,7,8)(H,9,10);3-6H2,1-2H3/p-4. The predicted octanol–water partition coefficient (Wildman–Crippen LogP) is -0.953. The maximum Gasteiger partial charge on any atom is 0.0715 e. The Bertz CT molecular complexity index is 561. The second-order valence-corrected chi connectivity index (χ2v) is 5.81. The Morgan fingerprint density at radius 1 is 0.679 bits per heavy atom. The molecule has 0 amide bonds. The summed E-state index contributed by atoms with van der Waals surface area (Å²) in [5.41, 5.74) is -0.339. The Balaban J connectivity index is 0. The molecule has 0 aliphatic heterocycles. The molecule has 28 heavy (non-hydrogen) atoms. The molecule has 0 atom stereocenters. The van der Waals surface area contributed by atoms with Crippen LogP contribution in [0.3, 0.4) is 0 Å². The van der Waals surface area contributed by atoms with Gasteiger partial charge in [-0.05, 0) is 42.9 Å². The van der Waals surface area contributed by atoms with E-state index in [4.69, 9.17) is 0 Å². The molecule has 1 aromatic carbocycles. The number of carbonyl (C=O) groups is 4. The Labute approximate surface area is 164 Å². The van der Waals surface area contributed by atoms with E-state index in [0.717, 1.165) is 6.07 Å². The molecule has 0 saturated carbocycles. The minimum atomic E-state index is -1.40. The van der Waals surface area contributed by atoms with Crippen molar-refractivity contribution < 1.29 is 39.6 Å². The molecule has 0 radical (unpaired) electrons. The highest BCUT2D eigenvalue weighted by Gasteiger charge is 1.96. The molecule has 0 fully saturated rings. The van der Waals surface area contributed by atoms with Gasteiger partial charge in [0.25, 0.3) is 0 Å². The zero-order valence-electron chi connectivity index (χ0n) is 16.2. The topological polar surface area (TPSA) is 161 Å². The number of carbonyl (C=O) groups excluding carboxylic acids is 4. The van der Waals surface area contributed by atoms with E-state index < -0.39 is 23.9 Å². The molecule has 0 saturated heterocycles. The van der Waals surface area contributed by atoms with Gasteiger partial charge in [0.05, 0.1) is 11.9 Å². The number of benzene rings is 1. The lowest BCUT2D eigenvalue weighted by molar-refractivity contribution is -0.308. The van der Waals surface area contributed by atoms with Gasteiger partial charge in [0.2, 0.25) is 0 Å². The molecule has 8 heteroatoms. The highest BCUT2D eigenvalue weighted by molar-refractivity contribution is 5.91. The molecule has 0 aliphatic carbocycles. The van der Waals surface area contributed by atoms with E-state index in [0.29, 0.717) is 12.8 Å². The fourth-order valence-electron chi connectivity index (χ4n) is 1.81. The minimum Gasteiger partial charge on any atom is -0.550 e. The summed E-state index contributed by atoms with van der Waals surface area (Å²) in [7, 11) is 0. The molecule has 0 aliphatic rings. The second-order valence-electron chi connectivity index (χ2n) is 5.81. The first-order chi connectivity index (χ1) is 13.1. The molecule has 158 valence electrons. The number of hydrogen-bond donors (Lipinski definition) is 0. The molecule has 0 bridgehead atoms. The van der Waals surface area contributed by atoms with Gasteiger partial charge in [-0.1, -0.05) is 57.7 Å². The zero-order valence-corrected chi connectivity index (χ0v) is 16.2. The van der Waals surface area contributed by atoms with Crippen LogP contribution in [0.4, 0.5) is 0 Å². The first-order valence-electron chi connectivity index (χ1n) is 9.08. The van der Waals surface area contributed by atoms with Crippen LogP contribution in [0, 0.1) is 0 Å². The molecular formula is C20H26O8-4. The molecular weight excluding hydrogens is 368 g/mol. The first kappa shape index (κ1) is 27.3. The maximum atomic E-state index is 10.3. The first-order valence-corrected chi connectivity index (χ1v) is 9.08. The van der Waals surface area contributed by atoms with E-state index in [9.17, 15) is 39.6 Å². The van der Waals surface area contributed by atoms with E-state index in [1.54, 1.807) is 0 Å². The van der Waals surface area contributed by atoms with Gasteiger partial charge in [-0.25, -0.2) is 0 Å². The average Bonchev–Trinajstić information content (AvgIpc) is 2.64. The van der Waals surface area contributed by atoms with Crippen LogP contribution in [0.25, 0.3) is 0 Å². The molecule has 1 aromatic rings. The third-order valence-corrected chi connectivity index (χ3v) is 3.30. The van der Waals surface area contributed by atoms with E-state index in [-0.39, 0.29) is 24.0 Å². The quantitative estimate of drug-likeness (QED) is 0.459. The van der Waals surface area contributed by atoms with Crippen molar-refractivity contribution in [3.05, 3.63) is 35.4 Å².